The van der Waals surface area contributed by atoms with Crippen LogP contribution in [-0.4, -0.2) is 8.42 Å². The number of benzene rings is 3. The predicted octanol–water partition coefficient (Wildman–Crippen LogP) is 5.40. The fourth-order valence-corrected chi connectivity index (χ4v) is 5.09. The summed E-state index contributed by atoms with van der Waals surface area (Å²) in [5.41, 5.74) is 2.42. The molecule has 0 saturated heterocycles. The number of aryl methyl sites for hydroxylation is 2. The second-order valence-corrected chi connectivity index (χ2v) is 8.39. The van der Waals surface area contributed by atoms with Gasteiger partial charge in [0.15, 0.2) is 0 Å². The van der Waals surface area contributed by atoms with Crippen molar-refractivity contribution in [1.82, 2.24) is 0 Å². The molecule has 3 nitrogen and oxygen atoms in total. The van der Waals surface area contributed by atoms with Crippen LogP contribution in [0.25, 0.3) is 0 Å². The van der Waals surface area contributed by atoms with Gasteiger partial charge in [0, 0.05) is 5.56 Å². The van der Waals surface area contributed by atoms with Crippen molar-refractivity contribution in [1.29, 1.82) is 0 Å². The lowest BCUT2D eigenvalue weighted by atomic mass is 10.1. The Morgan fingerprint density at radius 1 is 0.889 bits per heavy atom. The van der Waals surface area contributed by atoms with Gasteiger partial charge < -0.3 is 0 Å². The molecule has 0 N–H and O–H groups in total. The molecule has 27 heavy (non-hydrogen) atoms. The van der Waals surface area contributed by atoms with Crippen molar-refractivity contribution in [2.24, 2.45) is 0 Å². The van der Waals surface area contributed by atoms with Crippen LogP contribution in [0.3, 0.4) is 0 Å². The molecule has 3 rings (SSSR count). The highest BCUT2D eigenvalue weighted by Gasteiger charge is 2.32. The van der Waals surface area contributed by atoms with E-state index < -0.39 is 21.9 Å². The van der Waals surface area contributed by atoms with Crippen LogP contribution in [0.15, 0.2) is 77.7 Å². The summed E-state index contributed by atoms with van der Waals surface area (Å²) in [6.07, 6.45) is 0. The molecule has 0 aliphatic carbocycles. The number of anilines is 1. The zero-order valence-electron chi connectivity index (χ0n) is 15.6. The van der Waals surface area contributed by atoms with Crippen LogP contribution in [0.4, 0.5) is 10.1 Å². The van der Waals surface area contributed by atoms with Crippen molar-refractivity contribution >= 4 is 15.7 Å². The lowest BCUT2D eigenvalue weighted by Gasteiger charge is -2.31. The lowest BCUT2D eigenvalue weighted by Crippen LogP contribution is -2.34. The van der Waals surface area contributed by atoms with Crippen molar-refractivity contribution in [2.45, 2.75) is 31.7 Å². The highest BCUT2D eigenvalue weighted by atomic mass is 32.2. The average Bonchev–Trinajstić information content (AvgIpc) is 2.62. The van der Waals surface area contributed by atoms with Gasteiger partial charge in [-0.15, -0.1) is 0 Å². The standard InChI is InChI=1S/C22H22FNO2S/c1-16-9-8-11-19(15-16)24(18(3)20-12-5-6-13-21(20)23)27(25,26)22-14-7-4-10-17(22)2/h4-15,18H,1-3H3/t18-/m0/s1. The van der Waals surface area contributed by atoms with Crippen LogP contribution in [0, 0.1) is 19.7 Å². The van der Waals surface area contributed by atoms with E-state index in [1.165, 1.54) is 10.4 Å². The molecule has 0 aliphatic heterocycles. The van der Waals surface area contributed by atoms with E-state index in [1.54, 1.807) is 74.5 Å². The third-order valence-corrected chi connectivity index (χ3v) is 6.65. The van der Waals surface area contributed by atoms with Crippen LogP contribution in [0.5, 0.6) is 0 Å². The smallest absolute Gasteiger partial charge is 0.259 e. The Kier molecular flexibility index (Phi) is 5.33. The second-order valence-electron chi connectivity index (χ2n) is 6.60. The molecular formula is C22H22FNO2S. The Bertz CT molecular complexity index is 1060. The maximum Gasteiger partial charge on any atom is 0.265 e. The minimum Gasteiger partial charge on any atom is -0.259 e. The van der Waals surface area contributed by atoms with Crippen molar-refractivity contribution < 1.29 is 12.8 Å². The first-order valence-corrected chi connectivity index (χ1v) is 10.2. The molecular weight excluding hydrogens is 361 g/mol. The SMILES string of the molecule is Cc1cccc(N([C@@H](C)c2ccccc2F)S(=O)(=O)c2ccccc2C)c1. The molecule has 0 aliphatic rings. The topological polar surface area (TPSA) is 37.4 Å². The second kappa shape index (κ2) is 7.53. The van der Waals surface area contributed by atoms with Crippen LogP contribution < -0.4 is 4.31 Å². The maximum absolute atomic E-state index is 14.4. The van der Waals surface area contributed by atoms with Gasteiger partial charge in [-0.2, -0.15) is 0 Å². The lowest BCUT2D eigenvalue weighted by molar-refractivity contribution is 0.569. The Morgan fingerprint density at radius 2 is 1.56 bits per heavy atom. The van der Waals surface area contributed by atoms with E-state index in [0.29, 0.717) is 16.8 Å². The monoisotopic (exact) mass is 383 g/mol. The molecule has 140 valence electrons. The molecule has 0 unspecified atom stereocenters. The highest BCUT2D eigenvalue weighted by Crippen LogP contribution is 2.35. The van der Waals surface area contributed by atoms with Crippen molar-refractivity contribution in [3.05, 3.63) is 95.3 Å². The molecule has 5 heteroatoms. The van der Waals surface area contributed by atoms with Gasteiger partial charge in [-0.25, -0.2) is 12.8 Å². The summed E-state index contributed by atoms with van der Waals surface area (Å²) in [6.45, 7) is 5.36. The van der Waals surface area contributed by atoms with Crippen LogP contribution in [0.2, 0.25) is 0 Å². The van der Waals surface area contributed by atoms with Crippen molar-refractivity contribution in [3.63, 3.8) is 0 Å². The number of hydrogen-bond acceptors (Lipinski definition) is 2. The molecule has 0 radical (unpaired) electrons. The summed E-state index contributed by atoms with van der Waals surface area (Å²) in [4.78, 5) is 0.217. The van der Waals surface area contributed by atoms with Gasteiger partial charge in [0.25, 0.3) is 10.0 Å². The number of sulfonamides is 1. The average molecular weight is 383 g/mol. The van der Waals surface area contributed by atoms with Gasteiger partial charge in [0.2, 0.25) is 0 Å². The quantitative estimate of drug-likeness (QED) is 0.592. The summed E-state index contributed by atoms with van der Waals surface area (Å²) in [6, 6.07) is 19.6. The largest absolute Gasteiger partial charge is 0.265 e. The summed E-state index contributed by atoms with van der Waals surface area (Å²) in [5, 5.41) is 0. The fourth-order valence-electron chi connectivity index (χ4n) is 3.23. The third-order valence-electron chi connectivity index (χ3n) is 4.59. The molecule has 0 saturated carbocycles. The highest BCUT2D eigenvalue weighted by molar-refractivity contribution is 7.92. The van der Waals surface area contributed by atoms with Crippen LogP contribution in [-0.2, 0) is 10.0 Å². The Hall–Kier alpha value is -2.66. The molecule has 3 aromatic carbocycles. The normalized spacial score (nSPS) is 12.6. The molecule has 3 aromatic rings. The summed E-state index contributed by atoms with van der Waals surface area (Å²) in [5.74, 6) is -0.428. The Balaban J connectivity index is 2.22. The molecule has 0 aromatic heterocycles. The van der Waals surface area contributed by atoms with E-state index in [0.717, 1.165) is 5.56 Å². The predicted molar refractivity (Wildman–Crippen MR) is 107 cm³/mol. The molecule has 0 bridgehead atoms. The maximum atomic E-state index is 14.4. The summed E-state index contributed by atoms with van der Waals surface area (Å²) >= 11 is 0. The Morgan fingerprint density at radius 3 is 2.22 bits per heavy atom. The number of halogens is 1. The molecule has 0 spiro atoms. The van der Waals surface area contributed by atoms with Gasteiger partial charge in [-0.05, 0) is 56.2 Å². The Labute approximate surface area is 160 Å². The van der Waals surface area contributed by atoms with Gasteiger partial charge >= 0.3 is 0 Å². The molecule has 1 atom stereocenters. The van der Waals surface area contributed by atoms with Crippen molar-refractivity contribution in [2.75, 3.05) is 4.31 Å². The van der Waals surface area contributed by atoms with Crippen LogP contribution >= 0.6 is 0 Å². The van der Waals surface area contributed by atoms with E-state index in [1.807, 2.05) is 13.0 Å². The van der Waals surface area contributed by atoms with Gasteiger partial charge in [0.1, 0.15) is 5.82 Å². The van der Waals surface area contributed by atoms with Gasteiger partial charge in [-0.1, -0.05) is 48.5 Å². The first-order valence-electron chi connectivity index (χ1n) is 8.73. The molecule has 0 fully saturated rings. The zero-order valence-corrected chi connectivity index (χ0v) is 16.4. The zero-order chi connectivity index (χ0) is 19.6. The third kappa shape index (κ3) is 3.74. The van der Waals surface area contributed by atoms with Gasteiger partial charge in [-0.3, -0.25) is 4.31 Å². The van der Waals surface area contributed by atoms with Gasteiger partial charge in [0.05, 0.1) is 16.6 Å². The van der Waals surface area contributed by atoms with E-state index in [-0.39, 0.29) is 4.90 Å². The van der Waals surface area contributed by atoms with E-state index >= 15 is 0 Å². The first kappa shape index (κ1) is 19.1. The first-order chi connectivity index (χ1) is 12.8. The van der Waals surface area contributed by atoms with Crippen LogP contribution in [0.1, 0.15) is 29.7 Å². The molecule has 0 amide bonds. The fraction of sp³-hybridized carbons (Fsp3) is 0.182. The summed E-state index contributed by atoms with van der Waals surface area (Å²) in [7, 11) is -3.90. The number of hydrogen-bond donors (Lipinski definition) is 0. The van der Waals surface area contributed by atoms with E-state index in [9.17, 15) is 12.8 Å². The van der Waals surface area contributed by atoms with Crippen molar-refractivity contribution in [3.8, 4) is 0 Å². The molecule has 0 heterocycles. The van der Waals surface area contributed by atoms with E-state index in [2.05, 4.69) is 0 Å². The minimum atomic E-state index is -3.90. The van der Waals surface area contributed by atoms with E-state index in [4.69, 9.17) is 0 Å². The summed E-state index contributed by atoms with van der Waals surface area (Å²) < 4.78 is 42.9. The number of nitrogens with zero attached hydrogens (tertiary/aromatic N) is 1. The number of rotatable bonds is 5. The minimum absolute atomic E-state index is 0.217.